The lowest BCUT2D eigenvalue weighted by Gasteiger charge is -2.44. The maximum atomic E-state index is 12.6. The summed E-state index contributed by atoms with van der Waals surface area (Å²) in [7, 11) is -5.00. The van der Waals surface area contributed by atoms with Crippen LogP contribution in [0.1, 0.15) is 21.7 Å². The molecule has 1 aliphatic heterocycles. The van der Waals surface area contributed by atoms with Crippen LogP contribution in [-0.2, 0) is 26.4 Å². The summed E-state index contributed by atoms with van der Waals surface area (Å²) in [4.78, 5) is 56.9. The van der Waals surface area contributed by atoms with Crippen molar-refractivity contribution in [2.45, 2.75) is 18.6 Å². The first-order valence-electron chi connectivity index (χ1n) is 11.3. The van der Waals surface area contributed by atoms with Crippen LogP contribution in [0.3, 0.4) is 0 Å². The van der Waals surface area contributed by atoms with E-state index in [2.05, 4.69) is 25.9 Å². The van der Waals surface area contributed by atoms with E-state index >= 15 is 0 Å². The maximum Gasteiger partial charge on any atom is 0.362 e. The van der Waals surface area contributed by atoms with Crippen molar-refractivity contribution < 1.29 is 37.7 Å². The van der Waals surface area contributed by atoms with Gasteiger partial charge in [0.15, 0.2) is 10.9 Å². The van der Waals surface area contributed by atoms with Gasteiger partial charge in [-0.15, -0.1) is 11.3 Å². The number of rotatable bonds is 10. The zero-order valence-corrected chi connectivity index (χ0v) is 22.1. The Labute approximate surface area is 233 Å². The molecule has 0 radical (unpaired) electrons. The smallest absolute Gasteiger partial charge is 0.362 e. The van der Waals surface area contributed by atoms with E-state index in [-0.39, 0.29) is 45.3 Å². The lowest BCUT2D eigenvalue weighted by Crippen LogP contribution is -2.74. The molecule has 0 aromatic carbocycles. The number of nitrogens with zero attached hydrogens (tertiary/aromatic N) is 4. The Kier molecular flexibility index (Phi) is 7.89. The van der Waals surface area contributed by atoms with Crippen molar-refractivity contribution >= 4 is 56.0 Å². The molecule has 0 aliphatic carbocycles. The van der Waals surface area contributed by atoms with E-state index in [9.17, 15) is 42.5 Å². The SMILES string of the molecule is N=C(C(=O)N[C@@H]1C(=O)N(S(=O)(=O)O)[C@@H]1CNc1cc(C(=O)NCc2cc(=O)c(O)cn2O)ccn1)c1csc(N)n1. The highest BCUT2D eigenvalue weighted by Crippen LogP contribution is 2.24. The van der Waals surface area contributed by atoms with E-state index in [0.717, 1.165) is 23.6 Å². The molecule has 0 unspecified atom stereocenters. The fourth-order valence-corrected chi connectivity index (χ4v) is 5.16. The Morgan fingerprint density at radius 1 is 1.24 bits per heavy atom. The quantitative estimate of drug-likeness (QED) is 0.0543. The van der Waals surface area contributed by atoms with Gasteiger partial charge >= 0.3 is 10.3 Å². The highest BCUT2D eigenvalue weighted by molar-refractivity contribution is 7.84. The van der Waals surface area contributed by atoms with E-state index in [4.69, 9.17) is 11.1 Å². The number of pyridine rings is 2. The van der Waals surface area contributed by atoms with Crippen LogP contribution in [0.25, 0.3) is 0 Å². The molecule has 1 fully saturated rings. The summed E-state index contributed by atoms with van der Waals surface area (Å²) in [5.74, 6) is -3.46. The summed E-state index contributed by atoms with van der Waals surface area (Å²) in [5.41, 5.74) is 4.11. The van der Waals surface area contributed by atoms with Gasteiger partial charge in [-0.05, 0) is 12.1 Å². The van der Waals surface area contributed by atoms with E-state index in [0.29, 0.717) is 4.73 Å². The van der Waals surface area contributed by atoms with Gasteiger partial charge in [0.05, 0.1) is 24.5 Å². The van der Waals surface area contributed by atoms with Crippen molar-refractivity contribution in [1.82, 2.24) is 29.6 Å². The van der Waals surface area contributed by atoms with Crippen molar-refractivity contribution in [3.63, 3.8) is 0 Å². The number of anilines is 2. The molecule has 9 N–H and O–H groups in total. The molecule has 3 aromatic rings. The second-order valence-electron chi connectivity index (χ2n) is 8.43. The fraction of sp³-hybridized carbons (Fsp3) is 0.190. The summed E-state index contributed by atoms with van der Waals surface area (Å²) < 4.78 is 33.6. The average Bonchev–Trinajstić information content (AvgIpc) is 3.35. The molecule has 4 rings (SSSR count). The lowest BCUT2D eigenvalue weighted by atomic mass is 9.98. The Hall–Kier alpha value is -5.08. The van der Waals surface area contributed by atoms with Crippen molar-refractivity contribution in [1.29, 1.82) is 5.41 Å². The average molecular weight is 608 g/mol. The number of aromatic hydroxyl groups is 1. The number of β-lactam (4-membered cyclic amide) rings is 1. The van der Waals surface area contributed by atoms with Gasteiger partial charge in [0, 0.05) is 29.8 Å². The topological polar surface area (TPSA) is 283 Å². The molecule has 41 heavy (non-hydrogen) atoms. The third-order valence-electron chi connectivity index (χ3n) is 5.74. The van der Waals surface area contributed by atoms with Gasteiger partial charge in [-0.2, -0.15) is 13.1 Å². The molecule has 1 saturated heterocycles. The Morgan fingerprint density at radius 3 is 2.63 bits per heavy atom. The van der Waals surface area contributed by atoms with Gasteiger partial charge in [0.1, 0.15) is 23.3 Å². The number of amides is 3. The Balaban J connectivity index is 1.43. The van der Waals surface area contributed by atoms with Gasteiger partial charge in [-0.3, -0.25) is 29.1 Å². The molecular formula is C21H21N9O9S2. The molecule has 3 amide bonds. The molecule has 4 heterocycles. The molecule has 20 heteroatoms. The minimum atomic E-state index is -5.00. The van der Waals surface area contributed by atoms with Crippen LogP contribution >= 0.6 is 11.3 Å². The minimum Gasteiger partial charge on any atom is -0.503 e. The van der Waals surface area contributed by atoms with Gasteiger partial charge in [0.2, 0.25) is 5.43 Å². The summed E-state index contributed by atoms with van der Waals surface area (Å²) in [6.07, 6.45) is 2.01. The molecule has 0 saturated carbocycles. The second kappa shape index (κ2) is 11.2. The molecule has 18 nitrogen and oxygen atoms in total. The van der Waals surface area contributed by atoms with Crippen molar-refractivity contribution in [2.24, 2.45) is 0 Å². The predicted octanol–water partition coefficient (Wildman–Crippen LogP) is -1.87. The van der Waals surface area contributed by atoms with Crippen LogP contribution in [0.2, 0.25) is 0 Å². The minimum absolute atomic E-state index is 0.0204. The van der Waals surface area contributed by atoms with Gasteiger partial charge in [-0.1, -0.05) is 0 Å². The zero-order valence-electron chi connectivity index (χ0n) is 20.5. The zero-order chi connectivity index (χ0) is 30.1. The molecule has 0 spiro atoms. The highest BCUT2D eigenvalue weighted by Gasteiger charge is 2.54. The van der Waals surface area contributed by atoms with Crippen molar-refractivity contribution in [3.05, 3.63) is 63.1 Å². The largest absolute Gasteiger partial charge is 0.503 e. The van der Waals surface area contributed by atoms with Crippen LogP contribution in [0.4, 0.5) is 10.9 Å². The Bertz CT molecular complexity index is 1720. The maximum absolute atomic E-state index is 12.6. The first kappa shape index (κ1) is 28.9. The predicted molar refractivity (Wildman–Crippen MR) is 141 cm³/mol. The third-order valence-corrected chi connectivity index (χ3v) is 7.36. The molecule has 216 valence electrons. The highest BCUT2D eigenvalue weighted by atomic mass is 32.2. The van der Waals surface area contributed by atoms with E-state index in [1.54, 1.807) is 0 Å². The normalized spacial score (nSPS) is 16.5. The summed E-state index contributed by atoms with van der Waals surface area (Å²) in [6.45, 7) is -0.650. The number of aromatic nitrogens is 3. The number of hydrogen-bond donors (Lipinski definition) is 8. The Morgan fingerprint density at radius 2 is 1.98 bits per heavy atom. The number of nitrogens with one attached hydrogen (secondary N) is 4. The van der Waals surface area contributed by atoms with Crippen LogP contribution in [-0.4, -0.2) is 84.3 Å². The molecule has 0 bridgehead atoms. The summed E-state index contributed by atoms with van der Waals surface area (Å²) in [6, 6.07) is 0.761. The van der Waals surface area contributed by atoms with E-state index in [1.807, 2.05) is 0 Å². The molecule has 3 aromatic heterocycles. The van der Waals surface area contributed by atoms with E-state index < -0.39 is 57.0 Å². The van der Waals surface area contributed by atoms with Crippen LogP contribution < -0.4 is 27.1 Å². The monoisotopic (exact) mass is 607 g/mol. The fourth-order valence-electron chi connectivity index (χ4n) is 3.73. The van der Waals surface area contributed by atoms with Gasteiger partial charge in [0.25, 0.3) is 17.7 Å². The number of nitrogen functional groups attached to an aromatic ring is 1. The lowest BCUT2D eigenvalue weighted by molar-refractivity contribution is -0.144. The van der Waals surface area contributed by atoms with Crippen LogP contribution in [0.15, 0.2) is 40.8 Å². The summed E-state index contributed by atoms with van der Waals surface area (Å²) in [5, 5.41) is 35.9. The third kappa shape index (κ3) is 6.23. The molecule has 2 atom stereocenters. The first-order chi connectivity index (χ1) is 19.3. The second-order valence-corrected chi connectivity index (χ2v) is 10.6. The molecular weight excluding hydrogens is 586 g/mol. The van der Waals surface area contributed by atoms with Crippen molar-refractivity contribution in [2.75, 3.05) is 17.6 Å². The molecule has 1 aliphatic rings. The van der Waals surface area contributed by atoms with E-state index in [1.165, 1.54) is 23.7 Å². The summed E-state index contributed by atoms with van der Waals surface area (Å²) >= 11 is 0.985. The van der Waals surface area contributed by atoms with Gasteiger partial charge < -0.3 is 32.0 Å². The van der Waals surface area contributed by atoms with Crippen LogP contribution in [0, 0.1) is 5.41 Å². The van der Waals surface area contributed by atoms with Gasteiger partial charge in [-0.25, -0.2) is 14.3 Å². The number of hydrogen-bond acceptors (Lipinski definition) is 14. The number of carbonyl (C=O) groups is 3. The standard InChI is InChI=1S/C21H21N9O9S2/c22-16(11-8-40-21(23)27-11)19(34)28-17-12(30(20(17)35)41(37,38)39)6-25-15-3-9(1-2-24-15)18(33)26-5-10-4-13(31)14(32)7-29(10)36/h1-4,7-8,12,17,22,32,36H,5-6H2,(H2,23,27)(H,24,25)(H,26,33)(H,28,34)(H,37,38,39)/t12-,17+/m1/s1. The first-order valence-corrected chi connectivity index (χ1v) is 13.6. The van der Waals surface area contributed by atoms with Crippen molar-refractivity contribution in [3.8, 4) is 5.75 Å². The number of carbonyl (C=O) groups excluding carboxylic acids is 3. The number of nitrogens with two attached hydrogens (primary N) is 1. The number of thiazole rings is 1. The van der Waals surface area contributed by atoms with Crippen LogP contribution in [0.5, 0.6) is 5.75 Å².